The molecule has 0 aliphatic heterocycles. The zero-order valence-corrected chi connectivity index (χ0v) is 33.6. The first-order valence-corrected chi connectivity index (χ1v) is 19.5. The third kappa shape index (κ3) is 15.0. The van der Waals surface area contributed by atoms with E-state index in [1.54, 1.807) is 32.9 Å². The molecule has 0 aromatic heterocycles. The predicted molar refractivity (Wildman–Crippen MR) is 194 cm³/mol. The van der Waals surface area contributed by atoms with Gasteiger partial charge in [-0.1, -0.05) is 36.4 Å². The van der Waals surface area contributed by atoms with E-state index in [1.807, 2.05) is 63.2 Å². The second-order valence-corrected chi connectivity index (χ2v) is 17.5. The zero-order valence-electron chi connectivity index (χ0n) is 32.0. The van der Waals surface area contributed by atoms with Crippen LogP contribution >= 0.6 is 0 Å². The van der Waals surface area contributed by atoms with E-state index in [-0.39, 0.29) is 13.2 Å². The maximum Gasteiger partial charge on any atom is 0.417 e. The second kappa shape index (κ2) is 18.5. The summed E-state index contributed by atoms with van der Waals surface area (Å²) in [4.78, 5) is 24.9. The van der Waals surface area contributed by atoms with E-state index in [0.717, 1.165) is 14.7 Å². The fourth-order valence-corrected chi connectivity index (χ4v) is 7.92. The van der Waals surface area contributed by atoms with Crippen LogP contribution in [0.3, 0.4) is 0 Å². The Balaban J connectivity index is 0.000000361. The molecule has 0 unspecified atom stereocenters. The molecule has 0 saturated carbocycles. The highest BCUT2D eigenvalue weighted by atomic mass is 32.2. The van der Waals surface area contributed by atoms with Crippen LogP contribution in [0.15, 0.2) is 111 Å². The van der Waals surface area contributed by atoms with Crippen molar-refractivity contribution in [3.05, 3.63) is 108 Å². The summed E-state index contributed by atoms with van der Waals surface area (Å²) in [6.07, 6.45) is -17.5. The summed E-state index contributed by atoms with van der Waals surface area (Å²) < 4.78 is 167. The number of alkyl halides is 9. The van der Waals surface area contributed by atoms with Crippen LogP contribution in [0.25, 0.3) is 0 Å². The number of esters is 2. The molecule has 59 heavy (non-hydrogen) atoms. The first-order chi connectivity index (χ1) is 26.9. The molecule has 322 valence electrons. The van der Waals surface area contributed by atoms with Gasteiger partial charge in [-0.05, 0) is 84.0 Å². The van der Waals surface area contributed by atoms with E-state index in [4.69, 9.17) is 18.9 Å². The number of ether oxygens (including phenoxy) is 4. The van der Waals surface area contributed by atoms with Crippen molar-refractivity contribution >= 4 is 33.0 Å². The highest BCUT2D eigenvalue weighted by Crippen LogP contribution is 2.45. The molecule has 0 saturated heterocycles. The van der Waals surface area contributed by atoms with Crippen molar-refractivity contribution in [1.82, 2.24) is 0 Å². The normalized spacial score (nSPS) is 12.6. The van der Waals surface area contributed by atoms with Crippen LogP contribution < -0.4 is 9.47 Å². The summed E-state index contributed by atoms with van der Waals surface area (Å²) in [5.41, 5.74) is -9.28. The van der Waals surface area contributed by atoms with Gasteiger partial charge in [0, 0.05) is 12.1 Å². The Morgan fingerprint density at radius 2 is 1.00 bits per heavy atom. The third-order valence-electron chi connectivity index (χ3n) is 6.91. The van der Waals surface area contributed by atoms with Gasteiger partial charge in [0.1, 0.15) is 38.0 Å². The molecule has 20 heteroatoms. The van der Waals surface area contributed by atoms with Gasteiger partial charge in [-0.15, -0.1) is 0 Å². The number of benzene rings is 4. The molecule has 0 heterocycles. The van der Waals surface area contributed by atoms with Crippen molar-refractivity contribution in [2.75, 3.05) is 13.2 Å². The molecule has 4 aromatic carbocycles. The zero-order chi connectivity index (χ0) is 44.8. The van der Waals surface area contributed by atoms with Gasteiger partial charge in [-0.3, -0.25) is 0 Å². The minimum absolute atomic E-state index is 0.245. The number of carbonyl (C=O) groups excluding carboxylic acids is 2. The molecule has 4 rings (SSSR count). The average molecular weight is 885 g/mol. The van der Waals surface area contributed by atoms with Crippen molar-refractivity contribution in [2.45, 2.75) is 90.9 Å². The standard InChI is InChI=1S/C30H35O6S.C9H3F9O3S/c1-29(2,3)35-27(31)20-33-22-17-18-26(25(19-22)34-21-28(32)36-30(4,5)6)37(23-13-9-7-10-14-23)24-15-11-8-12-16-24;10-7(11,12)3-1-4(8(13,14)15)6(22(19,20)21)5(2-3)9(16,17)18/h7-19H,20-21H2,1-6H3;1-2H,(H,19,20,21)/q+1;/p-1. The molecule has 0 N–H and O–H groups in total. The predicted octanol–water partition coefficient (Wildman–Crippen LogP) is 9.87. The molecule has 0 atom stereocenters. The van der Waals surface area contributed by atoms with Crippen molar-refractivity contribution in [3.8, 4) is 11.5 Å². The molecule has 0 aliphatic rings. The number of rotatable bonds is 10. The summed E-state index contributed by atoms with van der Waals surface area (Å²) in [6.45, 7) is 10.3. The summed E-state index contributed by atoms with van der Waals surface area (Å²) in [5.74, 6) is -0.0407. The SMILES string of the molecule is CC(C)(C)OC(=O)COc1ccc([S+](c2ccccc2)c2ccccc2)c(OCC(=O)OC(C)(C)C)c1.O=S(=O)([O-])c1c(C(F)(F)F)cc(C(F)(F)F)cc1C(F)(F)F. The largest absolute Gasteiger partial charge is 0.744 e. The highest BCUT2D eigenvalue weighted by Gasteiger charge is 2.46. The van der Waals surface area contributed by atoms with Gasteiger partial charge >= 0.3 is 30.5 Å². The van der Waals surface area contributed by atoms with Gasteiger partial charge in [0.2, 0.25) is 4.90 Å². The molecule has 0 aliphatic carbocycles. The number of hydrogen-bond donors (Lipinski definition) is 0. The molecule has 0 amide bonds. The lowest BCUT2D eigenvalue weighted by Crippen LogP contribution is -2.27. The smallest absolute Gasteiger partial charge is 0.417 e. The molecule has 4 aromatic rings. The molecule has 0 bridgehead atoms. The van der Waals surface area contributed by atoms with Crippen molar-refractivity contribution in [1.29, 1.82) is 0 Å². The summed E-state index contributed by atoms with van der Waals surface area (Å²) in [7, 11) is -6.87. The van der Waals surface area contributed by atoms with Crippen LogP contribution in [0.5, 0.6) is 11.5 Å². The first kappa shape index (κ1) is 48.4. The van der Waals surface area contributed by atoms with Gasteiger partial charge in [0.25, 0.3) is 0 Å². The Kier molecular flexibility index (Phi) is 15.2. The highest BCUT2D eigenvalue weighted by molar-refractivity contribution is 7.97. The minimum atomic E-state index is -6.35. The number of carbonyl (C=O) groups is 2. The van der Waals surface area contributed by atoms with Crippen LogP contribution in [0.1, 0.15) is 58.2 Å². The van der Waals surface area contributed by atoms with E-state index >= 15 is 0 Å². The fourth-order valence-electron chi connectivity index (χ4n) is 4.87. The number of hydrogen-bond acceptors (Lipinski definition) is 9. The minimum Gasteiger partial charge on any atom is -0.744 e. The monoisotopic (exact) mass is 884 g/mol. The van der Waals surface area contributed by atoms with E-state index in [9.17, 15) is 62.1 Å². The lowest BCUT2D eigenvalue weighted by Gasteiger charge is -2.22. The average Bonchev–Trinajstić information content (AvgIpc) is 3.08. The van der Waals surface area contributed by atoms with Crippen LogP contribution in [-0.2, 0) is 58.6 Å². The van der Waals surface area contributed by atoms with Gasteiger partial charge in [-0.25, -0.2) is 18.0 Å². The van der Waals surface area contributed by atoms with Crippen molar-refractivity contribution in [3.63, 3.8) is 0 Å². The molecule has 0 fully saturated rings. The maximum absolute atomic E-state index is 12.6. The first-order valence-electron chi connectivity index (χ1n) is 16.9. The molecule has 0 radical (unpaired) electrons. The van der Waals surface area contributed by atoms with Crippen LogP contribution in [-0.4, -0.2) is 49.3 Å². The Labute approximate surface area is 336 Å². The summed E-state index contributed by atoms with van der Waals surface area (Å²) in [6, 6.07) is 23.9. The van der Waals surface area contributed by atoms with Crippen molar-refractivity contribution in [2.24, 2.45) is 0 Å². The number of halogens is 9. The molecule has 9 nitrogen and oxygen atoms in total. The Hall–Kier alpha value is -4.95. The fraction of sp³-hybridized carbons (Fsp3) is 0.333. The van der Waals surface area contributed by atoms with Crippen LogP contribution in [0, 0.1) is 0 Å². The lowest BCUT2D eigenvalue weighted by molar-refractivity contribution is -0.158. The second-order valence-electron chi connectivity index (χ2n) is 14.1. The molecular weight excluding hydrogens is 848 g/mol. The Bertz CT molecular complexity index is 2100. The van der Waals surface area contributed by atoms with E-state index < -0.39 is 96.4 Å². The van der Waals surface area contributed by atoms with Gasteiger partial charge in [0.15, 0.2) is 28.8 Å². The van der Waals surface area contributed by atoms with E-state index in [0.29, 0.717) is 11.5 Å². The summed E-state index contributed by atoms with van der Waals surface area (Å²) >= 11 is 0. The van der Waals surface area contributed by atoms with Gasteiger partial charge in [0.05, 0.1) is 21.6 Å². The van der Waals surface area contributed by atoms with Crippen LogP contribution in [0.4, 0.5) is 39.5 Å². The van der Waals surface area contributed by atoms with E-state index in [1.165, 1.54) is 0 Å². The Morgan fingerprint density at radius 1 is 0.593 bits per heavy atom. The molecular formula is C39H37F9O9S2. The summed E-state index contributed by atoms with van der Waals surface area (Å²) in [5, 5.41) is 0. The van der Waals surface area contributed by atoms with Crippen molar-refractivity contribution < 1.29 is 81.0 Å². The maximum atomic E-state index is 12.6. The quantitative estimate of drug-likeness (QED) is 0.0662. The lowest BCUT2D eigenvalue weighted by atomic mass is 10.0. The van der Waals surface area contributed by atoms with Gasteiger partial charge in [-0.2, -0.15) is 39.5 Å². The third-order valence-corrected chi connectivity index (χ3v) is 10.1. The topological polar surface area (TPSA) is 128 Å². The van der Waals surface area contributed by atoms with Crippen LogP contribution in [0.2, 0.25) is 0 Å². The van der Waals surface area contributed by atoms with Gasteiger partial charge < -0.3 is 23.5 Å². The molecule has 0 spiro atoms. The Morgan fingerprint density at radius 3 is 1.36 bits per heavy atom. The van der Waals surface area contributed by atoms with E-state index in [2.05, 4.69) is 24.3 Å².